The molecule has 0 bridgehead atoms. The summed E-state index contributed by atoms with van der Waals surface area (Å²) >= 11 is 0. The number of rotatable bonds is 6. The molecule has 168 valence electrons. The van der Waals surface area contributed by atoms with Gasteiger partial charge < -0.3 is 14.4 Å². The Morgan fingerprint density at radius 3 is 2.27 bits per heavy atom. The molecule has 5 nitrogen and oxygen atoms in total. The van der Waals surface area contributed by atoms with E-state index < -0.39 is 0 Å². The van der Waals surface area contributed by atoms with Crippen molar-refractivity contribution in [2.75, 3.05) is 34.0 Å². The SMILES string of the molecule is COc1cc2c(cc1OC)C1=C(C(=O)c3ccccc3)CN(Cc3ccccc3)CN1CC2. The highest BCUT2D eigenvalue weighted by Gasteiger charge is 2.34. The van der Waals surface area contributed by atoms with Crippen LogP contribution in [0.5, 0.6) is 11.5 Å². The van der Waals surface area contributed by atoms with E-state index in [9.17, 15) is 4.79 Å². The number of ether oxygens (including phenoxy) is 2. The summed E-state index contributed by atoms with van der Waals surface area (Å²) in [7, 11) is 3.31. The van der Waals surface area contributed by atoms with E-state index in [2.05, 4.69) is 40.1 Å². The van der Waals surface area contributed by atoms with Crippen molar-refractivity contribution in [3.8, 4) is 11.5 Å². The fraction of sp³-hybridized carbons (Fsp3) is 0.250. The lowest BCUT2D eigenvalue weighted by Gasteiger charge is -2.43. The molecular formula is C28H28N2O3. The van der Waals surface area contributed by atoms with Gasteiger partial charge in [-0.25, -0.2) is 0 Å². The van der Waals surface area contributed by atoms with Gasteiger partial charge >= 0.3 is 0 Å². The Balaban J connectivity index is 1.61. The first kappa shape index (κ1) is 21.3. The van der Waals surface area contributed by atoms with Gasteiger partial charge in [0.1, 0.15) is 0 Å². The second-order valence-electron chi connectivity index (χ2n) is 8.51. The van der Waals surface area contributed by atoms with Crippen LogP contribution in [0.4, 0.5) is 0 Å². The van der Waals surface area contributed by atoms with Gasteiger partial charge in [-0.3, -0.25) is 9.69 Å². The molecule has 3 aromatic rings. The van der Waals surface area contributed by atoms with E-state index >= 15 is 0 Å². The Hall–Kier alpha value is -3.57. The monoisotopic (exact) mass is 440 g/mol. The molecule has 0 radical (unpaired) electrons. The normalized spacial score (nSPS) is 15.6. The number of Topliss-reactive ketones (excluding diaryl/α,β-unsaturated/α-hetero) is 1. The average molecular weight is 441 g/mol. The van der Waals surface area contributed by atoms with Gasteiger partial charge in [-0.1, -0.05) is 60.7 Å². The highest BCUT2D eigenvalue weighted by molar-refractivity contribution is 6.13. The summed E-state index contributed by atoms with van der Waals surface area (Å²) in [4.78, 5) is 18.5. The Morgan fingerprint density at radius 2 is 1.58 bits per heavy atom. The largest absolute Gasteiger partial charge is 0.493 e. The van der Waals surface area contributed by atoms with Crippen molar-refractivity contribution in [1.82, 2.24) is 9.80 Å². The van der Waals surface area contributed by atoms with Crippen molar-refractivity contribution in [2.45, 2.75) is 13.0 Å². The van der Waals surface area contributed by atoms with Crippen molar-refractivity contribution < 1.29 is 14.3 Å². The summed E-state index contributed by atoms with van der Waals surface area (Å²) in [5.41, 5.74) is 6.07. The Kier molecular flexibility index (Phi) is 5.88. The number of benzene rings is 3. The second-order valence-corrected chi connectivity index (χ2v) is 8.51. The molecule has 0 atom stereocenters. The molecule has 0 fully saturated rings. The number of fused-ring (bicyclic) bond motifs is 3. The van der Waals surface area contributed by atoms with Crippen LogP contribution in [0.25, 0.3) is 5.70 Å². The van der Waals surface area contributed by atoms with Crippen LogP contribution in [0.1, 0.15) is 27.0 Å². The van der Waals surface area contributed by atoms with Crippen LogP contribution in [-0.2, 0) is 13.0 Å². The molecule has 0 spiro atoms. The maximum absolute atomic E-state index is 13.8. The minimum absolute atomic E-state index is 0.0796. The third kappa shape index (κ3) is 4.12. The first-order chi connectivity index (χ1) is 16.2. The van der Waals surface area contributed by atoms with Crippen molar-refractivity contribution in [3.05, 3.63) is 101 Å². The summed E-state index contributed by atoms with van der Waals surface area (Å²) in [5.74, 6) is 1.49. The molecule has 2 aliphatic heterocycles. The van der Waals surface area contributed by atoms with E-state index in [4.69, 9.17) is 9.47 Å². The minimum atomic E-state index is 0.0796. The zero-order chi connectivity index (χ0) is 22.8. The van der Waals surface area contributed by atoms with Crippen molar-refractivity contribution in [2.24, 2.45) is 0 Å². The molecule has 3 aromatic carbocycles. The van der Waals surface area contributed by atoms with E-state index in [-0.39, 0.29) is 5.78 Å². The standard InChI is InChI=1S/C28H28N2O3/c1-32-25-15-22-13-14-30-19-29(17-20-9-5-3-6-10-20)18-24(27(30)23(22)16-26(25)33-2)28(31)21-11-7-4-8-12-21/h3-12,15-16H,13-14,17-19H2,1-2H3. The fourth-order valence-electron chi connectivity index (χ4n) is 4.86. The number of nitrogens with zero attached hydrogens (tertiary/aromatic N) is 2. The maximum Gasteiger partial charge on any atom is 0.192 e. The summed E-state index contributed by atoms with van der Waals surface area (Å²) in [6.45, 7) is 3.04. The van der Waals surface area contributed by atoms with E-state index in [1.54, 1.807) is 14.2 Å². The average Bonchev–Trinajstić information content (AvgIpc) is 2.87. The third-order valence-corrected chi connectivity index (χ3v) is 6.43. The van der Waals surface area contributed by atoms with Gasteiger partial charge in [0.05, 0.1) is 26.6 Å². The number of carbonyl (C=O) groups excluding carboxylic acids is 1. The Labute approximate surface area is 194 Å². The minimum Gasteiger partial charge on any atom is -0.493 e. The first-order valence-corrected chi connectivity index (χ1v) is 11.3. The van der Waals surface area contributed by atoms with Gasteiger partial charge in [-0.15, -0.1) is 0 Å². The van der Waals surface area contributed by atoms with Gasteiger partial charge in [0, 0.05) is 36.3 Å². The van der Waals surface area contributed by atoms with Crippen molar-refractivity contribution in [3.63, 3.8) is 0 Å². The molecule has 0 saturated carbocycles. The molecular weight excluding hydrogens is 412 g/mol. The van der Waals surface area contributed by atoms with Crippen LogP contribution < -0.4 is 9.47 Å². The molecule has 33 heavy (non-hydrogen) atoms. The van der Waals surface area contributed by atoms with E-state index in [0.717, 1.165) is 48.8 Å². The molecule has 2 heterocycles. The Bertz CT molecular complexity index is 1190. The predicted molar refractivity (Wildman–Crippen MR) is 129 cm³/mol. The number of ketones is 1. The van der Waals surface area contributed by atoms with Gasteiger partial charge in [0.15, 0.2) is 17.3 Å². The predicted octanol–water partition coefficient (Wildman–Crippen LogP) is 4.63. The molecule has 5 heteroatoms. The first-order valence-electron chi connectivity index (χ1n) is 11.3. The Morgan fingerprint density at radius 1 is 0.909 bits per heavy atom. The molecule has 2 aliphatic rings. The highest BCUT2D eigenvalue weighted by Crippen LogP contribution is 2.41. The van der Waals surface area contributed by atoms with Crippen LogP contribution in [0.3, 0.4) is 0 Å². The smallest absolute Gasteiger partial charge is 0.192 e. The highest BCUT2D eigenvalue weighted by atomic mass is 16.5. The zero-order valence-electron chi connectivity index (χ0n) is 19.1. The van der Waals surface area contributed by atoms with E-state index in [0.29, 0.717) is 17.9 Å². The molecule has 0 unspecified atom stereocenters. The summed E-state index contributed by atoms with van der Waals surface area (Å²) in [6, 6.07) is 24.1. The maximum atomic E-state index is 13.8. The van der Waals surface area contributed by atoms with Gasteiger partial charge in [-0.2, -0.15) is 0 Å². The fourth-order valence-corrected chi connectivity index (χ4v) is 4.86. The lowest BCUT2D eigenvalue weighted by atomic mass is 9.89. The molecule has 0 aromatic heterocycles. The van der Waals surface area contributed by atoms with Crippen molar-refractivity contribution >= 4 is 11.5 Å². The molecule has 0 aliphatic carbocycles. The summed E-state index contributed by atoms with van der Waals surface area (Å²) in [5, 5.41) is 0. The lowest BCUT2D eigenvalue weighted by molar-refractivity contribution is 0.0988. The quantitative estimate of drug-likeness (QED) is 0.523. The second kappa shape index (κ2) is 9.12. The van der Waals surface area contributed by atoms with Crippen molar-refractivity contribution in [1.29, 1.82) is 0 Å². The van der Waals surface area contributed by atoms with Crippen LogP contribution >= 0.6 is 0 Å². The molecule has 0 saturated heterocycles. The summed E-state index contributed by atoms with van der Waals surface area (Å²) < 4.78 is 11.1. The topological polar surface area (TPSA) is 42.0 Å². The lowest BCUT2D eigenvalue weighted by Crippen LogP contribution is -2.46. The number of methoxy groups -OCH3 is 2. The molecule has 5 rings (SSSR count). The molecule has 0 amide bonds. The van der Waals surface area contributed by atoms with Gasteiger partial charge in [0.25, 0.3) is 0 Å². The number of hydrogen-bond donors (Lipinski definition) is 0. The van der Waals surface area contributed by atoms with Crippen LogP contribution in [0.2, 0.25) is 0 Å². The molecule has 0 N–H and O–H groups in total. The van der Waals surface area contributed by atoms with E-state index in [1.807, 2.05) is 42.5 Å². The van der Waals surface area contributed by atoms with Gasteiger partial charge in [-0.05, 0) is 29.7 Å². The van der Waals surface area contributed by atoms with Crippen LogP contribution in [-0.4, -0.2) is 49.6 Å². The van der Waals surface area contributed by atoms with E-state index in [1.165, 1.54) is 11.1 Å². The number of carbonyl (C=O) groups is 1. The van der Waals surface area contributed by atoms with Gasteiger partial charge in [0.2, 0.25) is 0 Å². The number of hydrogen-bond acceptors (Lipinski definition) is 5. The summed E-state index contributed by atoms with van der Waals surface area (Å²) in [6.07, 6.45) is 0.894. The van der Waals surface area contributed by atoms with Crippen LogP contribution in [0.15, 0.2) is 78.4 Å². The van der Waals surface area contributed by atoms with Crippen LogP contribution in [0, 0.1) is 0 Å². The third-order valence-electron chi connectivity index (χ3n) is 6.43. The zero-order valence-corrected chi connectivity index (χ0v) is 19.1.